The smallest absolute Gasteiger partial charge is 0.437 e. The number of fused-ring (bicyclic) bond motifs is 2. The van der Waals surface area contributed by atoms with Gasteiger partial charge in [-0.25, -0.2) is 23.0 Å². The number of nitrogen functional groups attached to an aromatic ring is 1. The molecule has 3 heterocycles. The number of nitrogens with zero attached hydrogens (tertiary/aromatic N) is 3. The number of aromatic nitrogens is 4. The van der Waals surface area contributed by atoms with Crippen molar-refractivity contribution in [1.29, 1.82) is 0 Å². The minimum absolute atomic E-state index is 0.117. The fourth-order valence-corrected chi connectivity index (χ4v) is 5.02. The fourth-order valence-electron chi connectivity index (χ4n) is 4.09. The molecule has 1 aliphatic carbocycles. The maximum Gasteiger partial charge on any atom is 0.480 e. The Morgan fingerprint density at radius 2 is 1.71 bits per heavy atom. The third-order valence-electron chi connectivity index (χ3n) is 6.65. The van der Waals surface area contributed by atoms with Crippen molar-refractivity contribution in [1.82, 2.24) is 19.5 Å². The molecule has 2 aromatic heterocycles. The Labute approximate surface area is 238 Å². The molecule has 1 saturated heterocycles. The number of alkyl halides is 1. The summed E-state index contributed by atoms with van der Waals surface area (Å²) in [5, 5.41) is 11.1. The zero-order valence-electron chi connectivity index (χ0n) is 23.8. The van der Waals surface area contributed by atoms with E-state index in [1.807, 2.05) is 0 Å². The number of phosphoric ester groups is 1. The number of esters is 2. The summed E-state index contributed by atoms with van der Waals surface area (Å²) in [6.07, 6.45) is -2.67. The van der Waals surface area contributed by atoms with Gasteiger partial charge in [0.15, 0.2) is 34.8 Å². The van der Waals surface area contributed by atoms with Gasteiger partial charge in [0.2, 0.25) is 19.5 Å². The lowest BCUT2D eigenvalue weighted by molar-refractivity contribution is -0.163. The number of hydrogen-bond acceptors (Lipinski definition) is 14. The number of phosphoric acid groups is 1. The minimum atomic E-state index is -4.72. The first-order chi connectivity index (χ1) is 19.3. The molecule has 1 saturated carbocycles. The number of rotatable bonds is 10. The summed E-state index contributed by atoms with van der Waals surface area (Å²) in [7, 11) is -4.72. The standard InChI is InChI=1S/C24H33FN5O11P/c1-12-23(24(12,34)14(25)17(41-23)30-9-27-13-15(30)28-20(26)29-16(13)31)8-38-42(35,39-10-36-18(32)21(2,3)4)40-11-37-19(33)22(5,6)7/h9,14,17,34H,1,8,10-11H2,2-7H3,(H3,26,28,29,31)/t14-,17+,23-,24-/m0/s1. The van der Waals surface area contributed by atoms with Gasteiger partial charge < -0.3 is 25.1 Å². The van der Waals surface area contributed by atoms with Gasteiger partial charge in [0.1, 0.15) is 0 Å². The van der Waals surface area contributed by atoms with Crippen LogP contribution in [0.15, 0.2) is 23.3 Å². The number of nitrogens with one attached hydrogen (secondary N) is 1. The van der Waals surface area contributed by atoms with Crippen LogP contribution in [0.4, 0.5) is 10.3 Å². The largest absolute Gasteiger partial charge is 0.480 e. The van der Waals surface area contributed by atoms with E-state index in [0.29, 0.717) is 0 Å². The highest BCUT2D eigenvalue weighted by Crippen LogP contribution is 2.68. The quantitative estimate of drug-likeness (QED) is 0.150. The summed E-state index contributed by atoms with van der Waals surface area (Å²) in [6, 6.07) is 0. The van der Waals surface area contributed by atoms with Crippen molar-refractivity contribution < 1.29 is 51.4 Å². The predicted molar refractivity (Wildman–Crippen MR) is 141 cm³/mol. The van der Waals surface area contributed by atoms with Gasteiger partial charge in [-0.05, 0) is 47.1 Å². The van der Waals surface area contributed by atoms with E-state index in [4.69, 9.17) is 33.5 Å². The van der Waals surface area contributed by atoms with Gasteiger partial charge >= 0.3 is 19.8 Å². The zero-order chi connectivity index (χ0) is 31.5. The minimum Gasteiger partial charge on any atom is -0.437 e. The molecular formula is C24H33FN5O11P. The lowest BCUT2D eigenvalue weighted by Gasteiger charge is -2.23. The van der Waals surface area contributed by atoms with Gasteiger partial charge in [0, 0.05) is 0 Å². The number of anilines is 1. The van der Waals surface area contributed by atoms with Crippen LogP contribution < -0.4 is 11.3 Å². The molecule has 0 amide bonds. The molecule has 0 bridgehead atoms. The molecule has 1 aliphatic heterocycles. The van der Waals surface area contributed by atoms with E-state index in [1.54, 1.807) is 41.5 Å². The van der Waals surface area contributed by atoms with E-state index in [2.05, 4.69) is 21.5 Å². The van der Waals surface area contributed by atoms with Crippen molar-refractivity contribution in [3.8, 4) is 0 Å². The van der Waals surface area contributed by atoms with Gasteiger partial charge in [-0.15, -0.1) is 0 Å². The van der Waals surface area contributed by atoms with Crippen molar-refractivity contribution in [2.24, 2.45) is 10.8 Å². The molecule has 18 heteroatoms. The molecule has 2 aromatic rings. The van der Waals surface area contributed by atoms with E-state index < -0.39 is 79.9 Å². The van der Waals surface area contributed by atoms with Gasteiger partial charge in [-0.3, -0.25) is 28.5 Å². The van der Waals surface area contributed by atoms with E-state index in [9.17, 15) is 24.1 Å². The van der Waals surface area contributed by atoms with Crippen molar-refractivity contribution in [2.45, 2.75) is 65.1 Å². The Morgan fingerprint density at radius 1 is 1.17 bits per heavy atom. The van der Waals surface area contributed by atoms with Crippen LogP contribution in [0, 0.1) is 10.8 Å². The summed E-state index contributed by atoms with van der Waals surface area (Å²) in [5.41, 5.74) is -1.57. The number of ether oxygens (including phenoxy) is 3. The lowest BCUT2D eigenvalue weighted by atomic mass is 9.98. The van der Waals surface area contributed by atoms with Crippen LogP contribution in [0.1, 0.15) is 47.8 Å². The summed E-state index contributed by atoms with van der Waals surface area (Å²) in [4.78, 5) is 46.5. The van der Waals surface area contributed by atoms with Gasteiger partial charge in [-0.1, -0.05) is 6.58 Å². The fraction of sp³-hybridized carbons (Fsp3) is 0.625. The molecule has 4 atom stereocenters. The Hall–Kier alpha value is -3.21. The first kappa shape index (κ1) is 31.7. The Bertz CT molecular complexity index is 1490. The van der Waals surface area contributed by atoms with E-state index >= 15 is 4.39 Å². The summed E-state index contributed by atoms with van der Waals surface area (Å²) in [5.74, 6) is -1.65. The van der Waals surface area contributed by atoms with Gasteiger partial charge in [0.25, 0.3) is 5.56 Å². The molecule has 16 nitrogen and oxygen atoms in total. The van der Waals surface area contributed by atoms with E-state index in [1.165, 1.54) is 0 Å². The molecule has 232 valence electrons. The monoisotopic (exact) mass is 617 g/mol. The average molecular weight is 618 g/mol. The maximum atomic E-state index is 15.7. The molecule has 2 aliphatic rings. The summed E-state index contributed by atoms with van der Waals surface area (Å²) in [6.45, 7) is 10.6. The number of halogens is 1. The Morgan fingerprint density at radius 3 is 2.24 bits per heavy atom. The third kappa shape index (κ3) is 5.47. The number of H-pyrrole nitrogens is 1. The van der Waals surface area contributed by atoms with Crippen molar-refractivity contribution in [3.63, 3.8) is 0 Å². The Kier molecular flexibility index (Phi) is 7.93. The molecule has 0 radical (unpaired) electrons. The van der Waals surface area contributed by atoms with Crippen LogP contribution in [0.3, 0.4) is 0 Å². The van der Waals surface area contributed by atoms with Crippen molar-refractivity contribution in [3.05, 3.63) is 28.8 Å². The average Bonchev–Trinajstić information content (AvgIpc) is 3.14. The third-order valence-corrected chi connectivity index (χ3v) is 7.94. The highest BCUT2D eigenvalue weighted by molar-refractivity contribution is 7.48. The van der Waals surface area contributed by atoms with Crippen molar-refractivity contribution >= 4 is 36.9 Å². The van der Waals surface area contributed by atoms with Crippen LogP contribution in [0.5, 0.6) is 0 Å². The first-order valence-corrected chi connectivity index (χ1v) is 14.1. The molecule has 2 fully saturated rings. The number of aromatic amines is 1. The predicted octanol–water partition coefficient (Wildman–Crippen LogP) is 1.86. The molecule has 0 spiro atoms. The van der Waals surface area contributed by atoms with Crippen LogP contribution in [-0.4, -0.2) is 74.1 Å². The second kappa shape index (κ2) is 10.5. The van der Waals surface area contributed by atoms with Crippen LogP contribution >= 0.6 is 7.82 Å². The normalized spacial score (nSPS) is 25.9. The maximum absolute atomic E-state index is 15.7. The molecule has 4 N–H and O–H groups in total. The van der Waals surface area contributed by atoms with Gasteiger partial charge in [-0.2, -0.15) is 4.98 Å². The van der Waals surface area contributed by atoms with Gasteiger partial charge in [0.05, 0.1) is 23.8 Å². The molecule has 4 rings (SSSR count). The molecule has 0 aromatic carbocycles. The highest BCUT2D eigenvalue weighted by Gasteiger charge is 2.84. The first-order valence-electron chi connectivity index (χ1n) is 12.6. The highest BCUT2D eigenvalue weighted by atomic mass is 31.2. The SMILES string of the molecule is C=C1[C@]2(COP(=O)(OCOC(=O)C(C)(C)C)OCOC(=O)C(C)(C)C)O[C@@H](n3cnc4c(=O)[nH]c(N)nc43)[C@H](F)[C@@]12O. The number of imidazole rings is 1. The summed E-state index contributed by atoms with van der Waals surface area (Å²) >= 11 is 0. The second-order valence-corrected chi connectivity index (χ2v) is 13.5. The molecule has 42 heavy (non-hydrogen) atoms. The topological polar surface area (TPSA) is 216 Å². The van der Waals surface area contributed by atoms with Crippen LogP contribution in [0.25, 0.3) is 11.2 Å². The zero-order valence-corrected chi connectivity index (χ0v) is 24.7. The number of carbonyl (C=O) groups is 2. The number of hydrogen-bond donors (Lipinski definition) is 3. The number of aliphatic hydroxyl groups is 1. The molecule has 0 unspecified atom stereocenters. The number of nitrogens with two attached hydrogens (primary N) is 1. The molecular weight excluding hydrogens is 584 g/mol. The van der Waals surface area contributed by atoms with E-state index in [0.717, 1.165) is 10.9 Å². The lowest BCUT2D eigenvalue weighted by Crippen LogP contribution is -2.32. The number of carbonyl (C=O) groups excluding carboxylic acids is 2. The van der Waals surface area contributed by atoms with Crippen molar-refractivity contribution in [2.75, 3.05) is 25.9 Å². The Balaban J connectivity index is 1.53. The van der Waals surface area contributed by atoms with E-state index in [-0.39, 0.29) is 22.7 Å². The van der Waals surface area contributed by atoms with Crippen LogP contribution in [-0.2, 0) is 41.9 Å². The van der Waals surface area contributed by atoms with Crippen LogP contribution in [0.2, 0.25) is 0 Å². The second-order valence-electron chi connectivity index (χ2n) is 11.8. The summed E-state index contributed by atoms with van der Waals surface area (Å²) < 4.78 is 61.5.